The molecular weight excluding hydrogens is 277 g/mol. The fourth-order valence-electron chi connectivity index (χ4n) is 2.80. The van der Waals surface area contributed by atoms with Gasteiger partial charge >= 0.3 is 6.18 Å². The van der Waals surface area contributed by atoms with Gasteiger partial charge in [-0.25, -0.2) is 8.78 Å². The molecule has 1 unspecified atom stereocenters. The van der Waals surface area contributed by atoms with Crippen LogP contribution in [0.1, 0.15) is 37.3 Å². The lowest BCUT2D eigenvalue weighted by atomic mass is 9.77. The molecule has 1 aromatic rings. The van der Waals surface area contributed by atoms with E-state index in [2.05, 4.69) is 0 Å². The molecule has 2 N–H and O–H groups in total. The van der Waals surface area contributed by atoms with Crippen LogP contribution in [0.15, 0.2) is 18.2 Å². The summed E-state index contributed by atoms with van der Waals surface area (Å²) in [5, 5.41) is 0. The van der Waals surface area contributed by atoms with Crippen LogP contribution in [0, 0.1) is 23.5 Å². The highest BCUT2D eigenvalue weighted by molar-refractivity contribution is 5.21. The molecule has 1 saturated carbocycles. The second kappa shape index (κ2) is 5.68. The van der Waals surface area contributed by atoms with Crippen molar-refractivity contribution in [3.8, 4) is 0 Å². The lowest BCUT2D eigenvalue weighted by Crippen LogP contribution is -2.31. The highest BCUT2D eigenvalue weighted by Crippen LogP contribution is 2.42. The second-order valence-electron chi connectivity index (χ2n) is 5.35. The highest BCUT2D eigenvalue weighted by Gasteiger charge is 2.42. The molecule has 6 heteroatoms. The third kappa shape index (κ3) is 3.29. The number of benzene rings is 1. The Morgan fingerprint density at radius 2 is 1.60 bits per heavy atom. The Labute approximate surface area is 114 Å². The first-order chi connectivity index (χ1) is 9.29. The molecule has 2 rings (SSSR count). The van der Waals surface area contributed by atoms with Crippen molar-refractivity contribution in [1.29, 1.82) is 0 Å². The summed E-state index contributed by atoms with van der Waals surface area (Å²) >= 11 is 0. The molecule has 1 aliphatic rings. The van der Waals surface area contributed by atoms with Crippen LogP contribution in [0.3, 0.4) is 0 Å². The maximum atomic E-state index is 13.1. The standard InChI is InChI=1S/C14H16F5N/c15-11-6-3-9(7-12(11)16)13(20)8-1-4-10(5-2-8)14(17,18)19/h3,6-8,10,13H,1-2,4-5,20H2. The molecule has 0 saturated heterocycles. The quantitative estimate of drug-likeness (QED) is 0.807. The Bertz CT molecular complexity index is 463. The van der Waals surface area contributed by atoms with Gasteiger partial charge in [-0.1, -0.05) is 6.07 Å². The molecule has 0 spiro atoms. The van der Waals surface area contributed by atoms with Gasteiger partial charge in [0.15, 0.2) is 11.6 Å². The fourth-order valence-corrected chi connectivity index (χ4v) is 2.80. The Balaban J connectivity index is 2.01. The van der Waals surface area contributed by atoms with Crippen molar-refractivity contribution < 1.29 is 22.0 Å². The molecule has 112 valence electrons. The third-order valence-electron chi connectivity index (χ3n) is 4.07. The number of halogens is 5. The largest absolute Gasteiger partial charge is 0.391 e. The number of nitrogens with two attached hydrogens (primary N) is 1. The number of rotatable bonds is 2. The zero-order valence-electron chi connectivity index (χ0n) is 10.8. The topological polar surface area (TPSA) is 26.0 Å². The van der Waals surface area contributed by atoms with E-state index in [0.717, 1.165) is 12.1 Å². The van der Waals surface area contributed by atoms with Gasteiger partial charge in [-0.15, -0.1) is 0 Å². The summed E-state index contributed by atoms with van der Waals surface area (Å²) in [6.07, 6.45) is -3.36. The number of alkyl halides is 3. The van der Waals surface area contributed by atoms with Crippen LogP contribution in [-0.2, 0) is 0 Å². The summed E-state index contributed by atoms with van der Waals surface area (Å²) < 4.78 is 63.7. The minimum absolute atomic E-state index is 0.0472. The summed E-state index contributed by atoms with van der Waals surface area (Å²) in [5.41, 5.74) is 6.40. The molecule has 1 nitrogen and oxygen atoms in total. The normalized spacial score (nSPS) is 25.5. The van der Waals surface area contributed by atoms with Gasteiger partial charge in [0, 0.05) is 6.04 Å². The van der Waals surface area contributed by atoms with Gasteiger partial charge in [0.1, 0.15) is 0 Å². The van der Waals surface area contributed by atoms with E-state index in [0.29, 0.717) is 18.4 Å². The minimum Gasteiger partial charge on any atom is -0.324 e. The number of hydrogen-bond acceptors (Lipinski definition) is 1. The van der Waals surface area contributed by atoms with E-state index in [9.17, 15) is 22.0 Å². The predicted molar refractivity (Wildman–Crippen MR) is 64.8 cm³/mol. The van der Waals surface area contributed by atoms with Gasteiger partial charge in [-0.2, -0.15) is 13.2 Å². The van der Waals surface area contributed by atoms with Gasteiger partial charge in [-0.3, -0.25) is 0 Å². The second-order valence-corrected chi connectivity index (χ2v) is 5.35. The van der Waals surface area contributed by atoms with Crippen molar-refractivity contribution in [2.75, 3.05) is 0 Å². The van der Waals surface area contributed by atoms with Crippen LogP contribution in [0.5, 0.6) is 0 Å². The van der Waals surface area contributed by atoms with E-state index in [1.807, 2.05) is 0 Å². The molecule has 1 fully saturated rings. The lowest BCUT2D eigenvalue weighted by Gasteiger charge is -2.33. The molecule has 0 aromatic heterocycles. The Morgan fingerprint density at radius 1 is 1.00 bits per heavy atom. The number of hydrogen-bond donors (Lipinski definition) is 1. The van der Waals surface area contributed by atoms with E-state index < -0.39 is 29.8 Å². The van der Waals surface area contributed by atoms with E-state index in [1.165, 1.54) is 6.07 Å². The predicted octanol–water partition coefficient (Wildman–Crippen LogP) is 4.33. The molecule has 0 aliphatic heterocycles. The monoisotopic (exact) mass is 293 g/mol. The van der Waals surface area contributed by atoms with Crippen LogP contribution in [0.4, 0.5) is 22.0 Å². The van der Waals surface area contributed by atoms with Crippen LogP contribution in [0.2, 0.25) is 0 Å². The SMILES string of the molecule is NC(c1ccc(F)c(F)c1)C1CCC(C(F)(F)F)CC1. The Hall–Kier alpha value is -1.17. The maximum Gasteiger partial charge on any atom is 0.391 e. The maximum absolute atomic E-state index is 13.1. The van der Waals surface area contributed by atoms with Crippen LogP contribution in [-0.4, -0.2) is 6.18 Å². The average molecular weight is 293 g/mol. The van der Waals surface area contributed by atoms with E-state index in [1.54, 1.807) is 0 Å². The fraction of sp³-hybridized carbons (Fsp3) is 0.571. The molecule has 1 atom stereocenters. The summed E-state index contributed by atoms with van der Waals surface area (Å²) in [4.78, 5) is 0. The van der Waals surface area contributed by atoms with Crippen LogP contribution in [0.25, 0.3) is 0 Å². The highest BCUT2D eigenvalue weighted by atomic mass is 19.4. The summed E-state index contributed by atoms with van der Waals surface area (Å²) in [5.74, 6) is -3.34. The van der Waals surface area contributed by atoms with Gasteiger partial charge in [0.05, 0.1) is 5.92 Å². The van der Waals surface area contributed by atoms with Crippen LogP contribution >= 0.6 is 0 Å². The lowest BCUT2D eigenvalue weighted by molar-refractivity contribution is -0.184. The first kappa shape index (κ1) is 15.2. The average Bonchev–Trinajstić information content (AvgIpc) is 2.40. The summed E-state index contributed by atoms with van der Waals surface area (Å²) in [6.45, 7) is 0. The molecule has 0 heterocycles. The van der Waals surface area contributed by atoms with Gasteiger partial charge in [0.25, 0.3) is 0 Å². The Kier molecular flexibility index (Phi) is 4.32. The summed E-state index contributed by atoms with van der Waals surface area (Å²) in [7, 11) is 0. The van der Waals surface area contributed by atoms with Crippen molar-refractivity contribution in [2.45, 2.75) is 37.9 Å². The Morgan fingerprint density at radius 3 is 2.10 bits per heavy atom. The van der Waals surface area contributed by atoms with Crippen molar-refractivity contribution in [2.24, 2.45) is 17.6 Å². The van der Waals surface area contributed by atoms with Gasteiger partial charge in [0.2, 0.25) is 0 Å². The van der Waals surface area contributed by atoms with E-state index in [4.69, 9.17) is 5.73 Å². The van der Waals surface area contributed by atoms with E-state index >= 15 is 0 Å². The third-order valence-corrected chi connectivity index (χ3v) is 4.07. The molecule has 1 aromatic carbocycles. The van der Waals surface area contributed by atoms with Gasteiger partial charge in [-0.05, 0) is 49.3 Å². The van der Waals surface area contributed by atoms with Crippen molar-refractivity contribution in [1.82, 2.24) is 0 Å². The van der Waals surface area contributed by atoms with Crippen LogP contribution < -0.4 is 5.73 Å². The van der Waals surface area contributed by atoms with Crippen molar-refractivity contribution in [3.63, 3.8) is 0 Å². The smallest absolute Gasteiger partial charge is 0.324 e. The molecule has 0 amide bonds. The molecule has 20 heavy (non-hydrogen) atoms. The van der Waals surface area contributed by atoms with Gasteiger partial charge < -0.3 is 5.73 Å². The van der Waals surface area contributed by atoms with E-state index in [-0.39, 0.29) is 18.8 Å². The molecule has 1 aliphatic carbocycles. The van der Waals surface area contributed by atoms with Crippen molar-refractivity contribution in [3.05, 3.63) is 35.4 Å². The first-order valence-corrected chi connectivity index (χ1v) is 6.56. The van der Waals surface area contributed by atoms with Crippen molar-refractivity contribution >= 4 is 0 Å². The zero-order valence-corrected chi connectivity index (χ0v) is 10.8. The molecule has 0 bridgehead atoms. The summed E-state index contributed by atoms with van der Waals surface area (Å²) in [6, 6.07) is 2.85. The molecular formula is C14H16F5N. The molecule has 0 radical (unpaired) electrons. The zero-order chi connectivity index (χ0) is 14.9. The minimum atomic E-state index is -4.16. The first-order valence-electron chi connectivity index (χ1n) is 6.56.